The fourth-order valence-electron chi connectivity index (χ4n) is 4.72. The first-order chi connectivity index (χ1) is 13.0. The summed E-state index contributed by atoms with van der Waals surface area (Å²) >= 11 is 0. The van der Waals surface area contributed by atoms with Crippen LogP contribution in [0.1, 0.15) is 35.7 Å². The van der Waals surface area contributed by atoms with Crippen LogP contribution >= 0.6 is 0 Å². The van der Waals surface area contributed by atoms with Crippen molar-refractivity contribution < 1.29 is 19.4 Å². The molecule has 0 bridgehead atoms. The average Bonchev–Trinajstić information content (AvgIpc) is 3.02. The number of aliphatic hydroxyl groups excluding tert-OH is 1. The van der Waals surface area contributed by atoms with E-state index in [4.69, 9.17) is 4.74 Å². The van der Waals surface area contributed by atoms with E-state index in [0.717, 1.165) is 36.6 Å². The number of hydrogen-bond donors (Lipinski definition) is 3. The predicted octanol–water partition coefficient (Wildman–Crippen LogP) is -0.200. The van der Waals surface area contributed by atoms with E-state index in [2.05, 4.69) is 15.5 Å². The molecule has 8 heteroatoms. The van der Waals surface area contributed by atoms with E-state index in [1.165, 1.54) is 0 Å². The van der Waals surface area contributed by atoms with Gasteiger partial charge >= 0.3 is 0 Å². The molecule has 2 fully saturated rings. The zero-order valence-corrected chi connectivity index (χ0v) is 15.3. The van der Waals surface area contributed by atoms with Crippen LogP contribution in [-0.4, -0.2) is 65.9 Å². The molecule has 4 aliphatic rings. The van der Waals surface area contributed by atoms with Crippen molar-refractivity contribution in [1.82, 2.24) is 15.5 Å². The molecule has 27 heavy (non-hydrogen) atoms. The summed E-state index contributed by atoms with van der Waals surface area (Å²) in [6.45, 7) is 5.56. The van der Waals surface area contributed by atoms with Gasteiger partial charge in [-0.2, -0.15) is 0 Å². The van der Waals surface area contributed by atoms with Gasteiger partial charge in [-0.3, -0.25) is 9.59 Å². The van der Waals surface area contributed by atoms with Gasteiger partial charge in [0.2, 0.25) is 5.91 Å². The molecule has 144 valence electrons. The number of piperazine rings is 1. The summed E-state index contributed by atoms with van der Waals surface area (Å²) in [6, 6.07) is 4.17. The lowest BCUT2D eigenvalue weighted by atomic mass is 9.88. The molecule has 0 spiro atoms. The normalized spacial score (nSPS) is 32.4. The van der Waals surface area contributed by atoms with Gasteiger partial charge in [0.1, 0.15) is 18.6 Å². The Kier molecular flexibility index (Phi) is 3.64. The second kappa shape index (κ2) is 5.84. The first kappa shape index (κ1) is 16.8. The van der Waals surface area contributed by atoms with Crippen LogP contribution in [0.15, 0.2) is 12.1 Å². The highest BCUT2D eigenvalue weighted by Gasteiger charge is 2.49. The minimum atomic E-state index is -1.08. The van der Waals surface area contributed by atoms with Gasteiger partial charge in [-0.25, -0.2) is 0 Å². The number of hydrogen-bond acceptors (Lipinski definition) is 6. The Morgan fingerprint density at radius 1 is 1.33 bits per heavy atom. The predicted molar refractivity (Wildman–Crippen MR) is 97.6 cm³/mol. The quantitative estimate of drug-likeness (QED) is 0.632. The SMILES string of the molecule is C[C@@]1(N2Cc3c(ccc4c3OC[C@H]3CNCCN43)C2=O)CCC(=O)NC1O. The molecular formula is C19H24N4O4. The minimum absolute atomic E-state index is 0.114. The van der Waals surface area contributed by atoms with E-state index in [9.17, 15) is 14.7 Å². The fourth-order valence-corrected chi connectivity index (χ4v) is 4.72. The summed E-state index contributed by atoms with van der Waals surface area (Å²) in [4.78, 5) is 28.8. The third kappa shape index (κ3) is 2.36. The molecule has 5 rings (SSSR count). The second-order valence-electron chi connectivity index (χ2n) is 8.02. The Labute approximate surface area is 157 Å². The van der Waals surface area contributed by atoms with Crippen molar-refractivity contribution in [3.63, 3.8) is 0 Å². The molecule has 2 amide bonds. The number of amides is 2. The van der Waals surface area contributed by atoms with E-state index in [0.29, 0.717) is 37.6 Å². The second-order valence-corrected chi connectivity index (χ2v) is 8.02. The molecular weight excluding hydrogens is 348 g/mol. The van der Waals surface area contributed by atoms with Crippen LogP contribution in [0.25, 0.3) is 0 Å². The highest BCUT2D eigenvalue weighted by atomic mass is 16.5. The summed E-state index contributed by atoms with van der Waals surface area (Å²) in [5.74, 6) is 0.491. The van der Waals surface area contributed by atoms with E-state index < -0.39 is 11.8 Å². The van der Waals surface area contributed by atoms with Crippen molar-refractivity contribution in [2.24, 2.45) is 0 Å². The zero-order chi connectivity index (χ0) is 18.8. The first-order valence-corrected chi connectivity index (χ1v) is 9.54. The lowest BCUT2D eigenvalue weighted by Gasteiger charge is -2.45. The van der Waals surface area contributed by atoms with Crippen molar-refractivity contribution in [1.29, 1.82) is 0 Å². The topological polar surface area (TPSA) is 94.1 Å². The number of aliphatic hydroxyl groups is 1. The molecule has 4 aliphatic heterocycles. The third-order valence-electron chi connectivity index (χ3n) is 6.47. The minimum Gasteiger partial charge on any atom is -0.489 e. The monoisotopic (exact) mass is 372 g/mol. The van der Waals surface area contributed by atoms with Gasteiger partial charge in [-0.1, -0.05) is 0 Å². The number of fused-ring (bicyclic) bond motifs is 5. The molecule has 4 heterocycles. The number of rotatable bonds is 1. The highest BCUT2D eigenvalue weighted by Crippen LogP contribution is 2.45. The molecule has 3 atom stereocenters. The Morgan fingerprint density at radius 3 is 3.00 bits per heavy atom. The Balaban J connectivity index is 1.50. The number of carbonyl (C=O) groups excluding carboxylic acids is 2. The van der Waals surface area contributed by atoms with Crippen LogP contribution in [0.4, 0.5) is 5.69 Å². The molecule has 1 aromatic rings. The largest absolute Gasteiger partial charge is 0.489 e. The van der Waals surface area contributed by atoms with Gasteiger partial charge in [0.05, 0.1) is 23.8 Å². The summed E-state index contributed by atoms with van der Waals surface area (Å²) in [6.07, 6.45) is -0.348. The van der Waals surface area contributed by atoms with Crippen molar-refractivity contribution in [2.75, 3.05) is 31.1 Å². The molecule has 0 saturated carbocycles. The van der Waals surface area contributed by atoms with E-state index in [-0.39, 0.29) is 11.8 Å². The summed E-state index contributed by atoms with van der Waals surface area (Å²) < 4.78 is 6.10. The molecule has 3 N–H and O–H groups in total. The molecule has 8 nitrogen and oxygen atoms in total. The lowest BCUT2D eigenvalue weighted by Crippen LogP contribution is -2.63. The standard InChI is InChI=1S/C19H24N4O4/c1-19(5-4-15(24)21-18(19)26)23-9-13-12(17(23)25)2-3-14-16(13)27-10-11-8-20-6-7-22(11)14/h2-3,11,18,20,26H,4-10H2,1H3,(H,21,24)/t11-,18?,19-/m1/s1. The van der Waals surface area contributed by atoms with Crippen molar-refractivity contribution in [2.45, 2.75) is 44.1 Å². The zero-order valence-electron chi connectivity index (χ0n) is 15.3. The van der Waals surface area contributed by atoms with Crippen LogP contribution in [0.5, 0.6) is 5.75 Å². The van der Waals surface area contributed by atoms with Gasteiger partial charge in [0.15, 0.2) is 0 Å². The number of ether oxygens (including phenoxy) is 1. The molecule has 1 aromatic carbocycles. The number of nitrogens with one attached hydrogen (secondary N) is 2. The Hall–Kier alpha value is -2.32. The highest BCUT2D eigenvalue weighted by molar-refractivity contribution is 6.01. The molecule has 0 aromatic heterocycles. The van der Waals surface area contributed by atoms with Gasteiger partial charge in [-0.05, 0) is 25.5 Å². The number of piperidine rings is 1. The molecule has 0 radical (unpaired) electrons. The smallest absolute Gasteiger partial charge is 0.255 e. The number of carbonyl (C=O) groups is 2. The molecule has 0 aliphatic carbocycles. The average molecular weight is 372 g/mol. The van der Waals surface area contributed by atoms with Crippen LogP contribution < -0.4 is 20.3 Å². The van der Waals surface area contributed by atoms with Crippen molar-refractivity contribution in [3.8, 4) is 5.75 Å². The van der Waals surface area contributed by atoms with Gasteiger partial charge in [0, 0.05) is 37.2 Å². The van der Waals surface area contributed by atoms with Crippen LogP contribution in [0, 0.1) is 0 Å². The van der Waals surface area contributed by atoms with Gasteiger partial charge in [0.25, 0.3) is 5.91 Å². The summed E-state index contributed by atoms with van der Waals surface area (Å²) in [5, 5.41) is 16.4. The summed E-state index contributed by atoms with van der Waals surface area (Å²) in [5.41, 5.74) is 1.74. The molecule has 2 saturated heterocycles. The fraction of sp³-hybridized carbons (Fsp3) is 0.579. The van der Waals surface area contributed by atoms with Gasteiger partial charge in [-0.15, -0.1) is 0 Å². The Bertz CT molecular complexity index is 828. The summed E-state index contributed by atoms with van der Waals surface area (Å²) in [7, 11) is 0. The van der Waals surface area contributed by atoms with E-state index in [1.54, 1.807) is 4.90 Å². The lowest BCUT2D eigenvalue weighted by molar-refractivity contribution is -0.135. The number of anilines is 1. The Morgan fingerprint density at radius 2 is 2.19 bits per heavy atom. The van der Waals surface area contributed by atoms with E-state index >= 15 is 0 Å². The van der Waals surface area contributed by atoms with Crippen LogP contribution in [-0.2, 0) is 11.3 Å². The van der Waals surface area contributed by atoms with Crippen LogP contribution in [0.2, 0.25) is 0 Å². The maximum absolute atomic E-state index is 13.1. The van der Waals surface area contributed by atoms with Crippen molar-refractivity contribution in [3.05, 3.63) is 23.3 Å². The maximum Gasteiger partial charge on any atom is 0.255 e. The first-order valence-electron chi connectivity index (χ1n) is 9.54. The molecule has 1 unspecified atom stereocenters. The maximum atomic E-state index is 13.1. The van der Waals surface area contributed by atoms with Crippen molar-refractivity contribution >= 4 is 17.5 Å². The van der Waals surface area contributed by atoms with Gasteiger partial charge < -0.3 is 30.3 Å². The van der Waals surface area contributed by atoms with Crippen LogP contribution in [0.3, 0.4) is 0 Å². The number of nitrogens with zero attached hydrogens (tertiary/aromatic N) is 2. The number of benzene rings is 1. The van der Waals surface area contributed by atoms with E-state index in [1.807, 2.05) is 19.1 Å². The third-order valence-corrected chi connectivity index (χ3v) is 6.47.